The van der Waals surface area contributed by atoms with Crippen LogP contribution in [0.2, 0.25) is 0 Å². The minimum absolute atomic E-state index is 0.0434. The third-order valence-corrected chi connectivity index (χ3v) is 5.85. The van der Waals surface area contributed by atoms with Crippen molar-refractivity contribution in [3.8, 4) is 6.07 Å². The third kappa shape index (κ3) is 2.48. The molecule has 17 heavy (non-hydrogen) atoms. The summed E-state index contributed by atoms with van der Waals surface area (Å²) < 4.78 is 28.5. The third-order valence-electron chi connectivity index (χ3n) is 4.06. The molecule has 0 N–H and O–H groups in total. The van der Waals surface area contributed by atoms with Crippen molar-refractivity contribution in [3.63, 3.8) is 0 Å². The van der Waals surface area contributed by atoms with Crippen molar-refractivity contribution in [2.45, 2.75) is 51.2 Å². The first kappa shape index (κ1) is 12.8. The monoisotopic (exact) mass is 257 g/mol. The molecule has 0 amide bonds. The molecular formula is C12H19NO3S. The second-order valence-electron chi connectivity index (χ2n) is 5.14. The first-order valence-electron chi connectivity index (χ1n) is 6.28. The van der Waals surface area contributed by atoms with Crippen LogP contribution >= 0.6 is 0 Å². The van der Waals surface area contributed by atoms with E-state index in [0.29, 0.717) is 12.8 Å². The van der Waals surface area contributed by atoms with Crippen LogP contribution in [0.1, 0.15) is 39.0 Å². The molecule has 2 saturated heterocycles. The summed E-state index contributed by atoms with van der Waals surface area (Å²) in [6, 6.07) is 2.39. The quantitative estimate of drug-likeness (QED) is 0.751. The molecule has 0 saturated carbocycles. The number of ether oxygens (including phenoxy) is 1. The standard InChI is InChI=1S/C12H19NO3S/c1-2-17(14,15)7-3-6-12(9-13)8-10-4-5-11(12)16-10/h10-11H,2-8H2,1H3. The number of nitriles is 1. The van der Waals surface area contributed by atoms with Gasteiger partial charge in [-0.25, -0.2) is 8.42 Å². The zero-order chi connectivity index (χ0) is 12.5. The molecule has 4 nitrogen and oxygen atoms in total. The summed E-state index contributed by atoms with van der Waals surface area (Å²) in [5.74, 6) is 0.388. The predicted octanol–water partition coefficient (Wildman–Crippen LogP) is 1.66. The van der Waals surface area contributed by atoms with Crippen molar-refractivity contribution >= 4 is 9.84 Å². The molecule has 2 bridgehead atoms. The van der Waals surface area contributed by atoms with Crippen molar-refractivity contribution in [2.75, 3.05) is 11.5 Å². The van der Waals surface area contributed by atoms with Gasteiger partial charge in [-0.1, -0.05) is 6.92 Å². The summed E-state index contributed by atoms with van der Waals surface area (Å²) in [6.45, 7) is 1.66. The van der Waals surface area contributed by atoms with Crippen molar-refractivity contribution in [1.29, 1.82) is 5.26 Å². The van der Waals surface area contributed by atoms with Gasteiger partial charge in [0.05, 0.1) is 29.4 Å². The van der Waals surface area contributed by atoms with Gasteiger partial charge < -0.3 is 4.74 Å². The molecule has 0 radical (unpaired) electrons. The van der Waals surface area contributed by atoms with E-state index < -0.39 is 15.3 Å². The minimum atomic E-state index is -2.91. The average Bonchev–Trinajstić information content (AvgIpc) is 2.89. The molecule has 3 unspecified atom stereocenters. The van der Waals surface area contributed by atoms with Crippen LogP contribution in [0.3, 0.4) is 0 Å². The van der Waals surface area contributed by atoms with Crippen molar-refractivity contribution in [1.82, 2.24) is 0 Å². The molecule has 0 aromatic carbocycles. The smallest absolute Gasteiger partial charge is 0.150 e. The lowest BCUT2D eigenvalue weighted by Crippen LogP contribution is -2.31. The van der Waals surface area contributed by atoms with E-state index in [0.717, 1.165) is 19.3 Å². The molecule has 0 spiro atoms. The Morgan fingerprint density at radius 2 is 2.24 bits per heavy atom. The van der Waals surface area contributed by atoms with E-state index in [1.54, 1.807) is 6.92 Å². The van der Waals surface area contributed by atoms with E-state index in [2.05, 4.69) is 6.07 Å². The fourth-order valence-electron chi connectivity index (χ4n) is 2.99. The molecule has 96 valence electrons. The van der Waals surface area contributed by atoms with Gasteiger partial charge in [0.1, 0.15) is 9.84 Å². The van der Waals surface area contributed by atoms with E-state index in [-0.39, 0.29) is 23.7 Å². The lowest BCUT2D eigenvalue weighted by Gasteiger charge is -2.27. The number of sulfone groups is 1. The van der Waals surface area contributed by atoms with Crippen LogP contribution in [0.15, 0.2) is 0 Å². The SMILES string of the molecule is CCS(=O)(=O)CCCC1(C#N)CC2CCC1O2. The normalized spacial score (nSPS) is 36.0. The van der Waals surface area contributed by atoms with Gasteiger partial charge in [-0.15, -0.1) is 0 Å². The molecule has 0 aromatic rings. The zero-order valence-electron chi connectivity index (χ0n) is 10.2. The van der Waals surface area contributed by atoms with Gasteiger partial charge in [-0.2, -0.15) is 5.26 Å². The zero-order valence-corrected chi connectivity index (χ0v) is 11.0. The maximum Gasteiger partial charge on any atom is 0.150 e. The Hall–Kier alpha value is -0.600. The fourth-order valence-corrected chi connectivity index (χ4v) is 3.86. The number of hydrogen-bond acceptors (Lipinski definition) is 4. The Morgan fingerprint density at radius 3 is 2.71 bits per heavy atom. The topological polar surface area (TPSA) is 67.2 Å². The predicted molar refractivity (Wildman–Crippen MR) is 64.1 cm³/mol. The highest BCUT2D eigenvalue weighted by Gasteiger charge is 2.52. The van der Waals surface area contributed by atoms with E-state index >= 15 is 0 Å². The van der Waals surface area contributed by atoms with Gasteiger partial charge in [-0.05, 0) is 32.1 Å². The van der Waals surface area contributed by atoms with Crippen molar-refractivity contribution < 1.29 is 13.2 Å². The largest absolute Gasteiger partial charge is 0.373 e. The molecule has 2 heterocycles. The first-order chi connectivity index (χ1) is 8.01. The van der Waals surface area contributed by atoms with Crippen LogP contribution in [-0.4, -0.2) is 32.1 Å². The highest BCUT2D eigenvalue weighted by atomic mass is 32.2. The van der Waals surface area contributed by atoms with Crippen LogP contribution in [0.4, 0.5) is 0 Å². The number of hydrogen-bond donors (Lipinski definition) is 0. The molecule has 3 atom stereocenters. The maximum atomic E-state index is 11.4. The summed E-state index contributed by atoms with van der Waals surface area (Å²) in [6.07, 6.45) is 4.32. The average molecular weight is 257 g/mol. The van der Waals surface area contributed by atoms with Gasteiger partial charge in [0.25, 0.3) is 0 Å². The summed E-state index contributed by atoms with van der Waals surface area (Å²) in [5.41, 5.74) is -0.411. The molecule has 2 rings (SSSR count). The molecule has 2 aliphatic rings. The molecule has 2 aliphatic heterocycles. The molecular weight excluding hydrogens is 238 g/mol. The Bertz CT molecular complexity index is 426. The van der Waals surface area contributed by atoms with Crippen molar-refractivity contribution in [3.05, 3.63) is 0 Å². The summed E-state index contributed by atoms with van der Waals surface area (Å²) in [5, 5.41) is 9.35. The van der Waals surface area contributed by atoms with Gasteiger partial charge in [0, 0.05) is 5.75 Å². The molecule has 0 aliphatic carbocycles. The highest BCUT2D eigenvalue weighted by Crippen LogP contribution is 2.49. The van der Waals surface area contributed by atoms with Gasteiger partial charge >= 0.3 is 0 Å². The molecule has 5 heteroatoms. The van der Waals surface area contributed by atoms with Gasteiger partial charge in [0.15, 0.2) is 0 Å². The second kappa shape index (κ2) is 4.58. The van der Waals surface area contributed by atoms with Crippen LogP contribution in [0, 0.1) is 16.7 Å². The van der Waals surface area contributed by atoms with Crippen LogP contribution < -0.4 is 0 Å². The number of fused-ring (bicyclic) bond motifs is 2. The Labute approximate surface area is 103 Å². The van der Waals surface area contributed by atoms with E-state index in [4.69, 9.17) is 4.74 Å². The minimum Gasteiger partial charge on any atom is -0.373 e. The first-order valence-corrected chi connectivity index (χ1v) is 8.10. The Balaban J connectivity index is 1.92. The van der Waals surface area contributed by atoms with Crippen LogP contribution in [0.25, 0.3) is 0 Å². The van der Waals surface area contributed by atoms with Gasteiger partial charge in [0.2, 0.25) is 0 Å². The fraction of sp³-hybridized carbons (Fsp3) is 0.917. The lowest BCUT2D eigenvalue weighted by molar-refractivity contribution is 0.0761. The lowest BCUT2D eigenvalue weighted by atomic mass is 9.72. The Morgan fingerprint density at radius 1 is 1.47 bits per heavy atom. The number of nitrogens with zero attached hydrogens (tertiary/aromatic N) is 1. The summed E-state index contributed by atoms with van der Waals surface area (Å²) in [4.78, 5) is 0. The van der Waals surface area contributed by atoms with Crippen LogP contribution in [0.5, 0.6) is 0 Å². The summed E-state index contributed by atoms with van der Waals surface area (Å²) in [7, 11) is -2.91. The van der Waals surface area contributed by atoms with Crippen LogP contribution in [-0.2, 0) is 14.6 Å². The highest BCUT2D eigenvalue weighted by molar-refractivity contribution is 7.91. The number of rotatable bonds is 5. The Kier molecular flexibility index (Phi) is 3.46. The molecule has 0 aromatic heterocycles. The van der Waals surface area contributed by atoms with E-state index in [1.807, 2.05) is 0 Å². The summed E-state index contributed by atoms with van der Waals surface area (Å²) >= 11 is 0. The van der Waals surface area contributed by atoms with E-state index in [1.165, 1.54) is 0 Å². The maximum absolute atomic E-state index is 11.4. The van der Waals surface area contributed by atoms with Gasteiger partial charge in [-0.3, -0.25) is 0 Å². The van der Waals surface area contributed by atoms with E-state index in [9.17, 15) is 13.7 Å². The second-order valence-corrected chi connectivity index (χ2v) is 7.61. The molecule has 2 fully saturated rings. The van der Waals surface area contributed by atoms with Crippen molar-refractivity contribution in [2.24, 2.45) is 5.41 Å².